The zero-order valence-electron chi connectivity index (χ0n) is 15.2. The summed E-state index contributed by atoms with van der Waals surface area (Å²) in [6, 6.07) is 15.0. The molecule has 1 amide bonds. The van der Waals surface area contributed by atoms with E-state index in [2.05, 4.69) is 61.0 Å². The van der Waals surface area contributed by atoms with Gasteiger partial charge in [-0.15, -0.1) is 0 Å². The van der Waals surface area contributed by atoms with Crippen LogP contribution in [0.3, 0.4) is 0 Å². The van der Waals surface area contributed by atoms with Crippen molar-refractivity contribution in [2.75, 3.05) is 23.9 Å². The summed E-state index contributed by atoms with van der Waals surface area (Å²) in [7, 11) is 3.98. The van der Waals surface area contributed by atoms with Crippen LogP contribution < -0.4 is 9.80 Å². The van der Waals surface area contributed by atoms with E-state index in [-0.39, 0.29) is 5.91 Å². The van der Waals surface area contributed by atoms with Crippen molar-refractivity contribution in [2.24, 2.45) is 0 Å². The minimum atomic E-state index is 0.0846. The Hall–Kier alpha value is -2.75. The lowest BCUT2D eigenvalue weighted by atomic mass is 10.1. The molecule has 2 heterocycles. The Balaban J connectivity index is 1.71. The molecule has 4 rings (SSSR count). The quantitative estimate of drug-likeness (QED) is 0.708. The van der Waals surface area contributed by atoms with E-state index in [1.54, 1.807) is 0 Å². The van der Waals surface area contributed by atoms with Gasteiger partial charge in [-0.3, -0.25) is 4.79 Å². The minimum Gasteiger partial charge on any atom is -0.378 e. The fraction of sp³-hybridized carbons (Fsp3) is 0.286. The number of rotatable bonds is 3. The second-order valence-electron chi connectivity index (χ2n) is 7.19. The van der Waals surface area contributed by atoms with Crippen LogP contribution in [0.1, 0.15) is 35.8 Å². The maximum absolute atomic E-state index is 12.9. The summed E-state index contributed by atoms with van der Waals surface area (Å²) in [4.78, 5) is 16.8. The number of nitrogens with zero attached hydrogens (tertiary/aromatic N) is 3. The fourth-order valence-corrected chi connectivity index (χ4v) is 3.55. The van der Waals surface area contributed by atoms with Gasteiger partial charge in [-0.1, -0.05) is 6.07 Å². The van der Waals surface area contributed by atoms with Crippen molar-refractivity contribution >= 4 is 28.2 Å². The molecule has 0 atom stereocenters. The monoisotopic (exact) mass is 333 g/mol. The van der Waals surface area contributed by atoms with E-state index in [9.17, 15) is 4.79 Å². The molecule has 0 spiro atoms. The Morgan fingerprint density at radius 1 is 1.04 bits per heavy atom. The zero-order valence-corrected chi connectivity index (χ0v) is 15.2. The van der Waals surface area contributed by atoms with Crippen LogP contribution >= 0.6 is 0 Å². The van der Waals surface area contributed by atoms with Gasteiger partial charge in [0.2, 0.25) is 0 Å². The van der Waals surface area contributed by atoms with Gasteiger partial charge in [-0.25, -0.2) is 0 Å². The molecule has 2 aromatic carbocycles. The van der Waals surface area contributed by atoms with Crippen LogP contribution in [0.15, 0.2) is 48.7 Å². The Morgan fingerprint density at radius 2 is 1.84 bits per heavy atom. The molecule has 1 aromatic heterocycles. The van der Waals surface area contributed by atoms with Crippen molar-refractivity contribution in [1.82, 2.24) is 4.57 Å². The molecule has 4 nitrogen and oxygen atoms in total. The summed E-state index contributed by atoms with van der Waals surface area (Å²) >= 11 is 0. The smallest absolute Gasteiger partial charge is 0.259 e. The number of fused-ring (bicyclic) bond motifs is 2. The molecular weight excluding hydrogens is 310 g/mol. The van der Waals surface area contributed by atoms with Crippen LogP contribution in [0.2, 0.25) is 0 Å². The van der Waals surface area contributed by atoms with Crippen molar-refractivity contribution in [3.63, 3.8) is 0 Å². The third-order valence-electron chi connectivity index (χ3n) is 4.99. The number of benzene rings is 2. The first-order chi connectivity index (χ1) is 12.0. The molecule has 0 radical (unpaired) electrons. The lowest BCUT2D eigenvalue weighted by Crippen LogP contribution is -2.23. The molecule has 1 aliphatic rings. The number of aromatic nitrogens is 1. The van der Waals surface area contributed by atoms with Gasteiger partial charge in [0.15, 0.2) is 0 Å². The van der Waals surface area contributed by atoms with Gasteiger partial charge in [0.1, 0.15) is 0 Å². The van der Waals surface area contributed by atoms with E-state index in [1.807, 2.05) is 30.0 Å². The number of carbonyl (C=O) groups excluding carboxylic acids is 1. The number of amides is 1. The summed E-state index contributed by atoms with van der Waals surface area (Å²) in [6.07, 6.45) is 2.11. The summed E-state index contributed by atoms with van der Waals surface area (Å²) in [6.45, 7) is 4.99. The molecule has 3 aromatic rings. The highest BCUT2D eigenvalue weighted by Gasteiger charge is 2.29. The summed E-state index contributed by atoms with van der Waals surface area (Å²) < 4.78 is 2.25. The van der Waals surface area contributed by atoms with Crippen LogP contribution in [-0.4, -0.2) is 24.6 Å². The van der Waals surface area contributed by atoms with Gasteiger partial charge in [-0.05, 0) is 55.8 Å². The summed E-state index contributed by atoms with van der Waals surface area (Å²) in [5, 5.41) is 1.17. The molecule has 128 valence electrons. The number of hydrogen-bond acceptors (Lipinski definition) is 2. The Bertz CT molecular complexity index is 968. The first kappa shape index (κ1) is 15.8. The average molecular weight is 333 g/mol. The van der Waals surface area contributed by atoms with E-state index in [0.717, 1.165) is 22.5 Å². The van der Waals surface area contributed by atoms with E-state index in [0.29, 0.717) is 12.6 Å². The zero-order chi connectivity index (χ0) is 17.7. The third kappa shape index (κ3) is 2.49. The van der Waals surface area contributed by atoms with E-state index in [1.165, 1.54) is 10.9 Å². The van der Waals surface area contributed by atoms with E-state index >= 15 is 0 Å². The highest BCUT2D eigenvalue weighted by Crippen LogP contribution is 2.33. The molecule has 0 saturated heterocycles. The Kier molecular flexibility index (Phi) is 3.57. The van der Waals surface area contributed by atoms with Gasteiger partial charge in [-0.2, -0.15) is 0 Å². The first-order valence-corrected chi connectivity index (χ1v) is 8.68. The van der Waals surface area contributed by atoms with Gasteiger partial charge < -0.3 is 14.4 Å². The molecule has 25 heavy (non-hydrogen) atoms. The van der Waals surface area contributed by atoms with Gasteiger partial charge in [0.05, 0.1) is 6.54 Å². The van der Waals surface area contributed by atoms with Crippen LogP contribution in [0.25, 0.3) is 10.9 Å². The fourth-order valence-electron chi connectivity index (χ4n) is 3.55. The van der Waals surface area contributed by atoms with Crippen LogP contribution in [0, 0.1) is 0 Å². The molecule has 0 bridgehead atoms. The lowest BCUT2D eigenvalue weighted by molar-refractivity contribution is 0.0996. The van der Waals surface area contributed by atoms with Crippen molar-refractivity contribution in [2.45, 2.75) is 26.4 Å². The molecule has 0 fully saturated rings. The number of carbonyl (C=O) groups is 1. The number of anilines is 2. The van der Waals surface area contributed by atoms with Crippen molar-refractivity contribution in [3.8, 4) is 0 Å². The summed E-state index contributed by atoms with van der Waals surface area (Å²) in [5.74, 6) is 0.0846. The maximum atomic E-state index is 12.9. The van der Waals surface area contributed by atoms with Crippen LogP contribution in [-0.2, 0) is 6.54 Å². The van der Waals surface area contributed by atoms with Crippen molar-refractivity contribution in [3.05, 3.63) is 59.8 Å². The van der Waals surface area contributed by atoms with Crippen molar-refractivity contribution < 1.29 is 4.79 Å². The standard InChI is InChI=1S/C21H23N3O/c1-14(2)23-10-9-15-11-18(7-8-20(15)23)24-13-16-5-6-17(22(3)4)12-19(16)21(24)25/h5-12,14H,13H2,1-4H3. The van der Waals surface area contributed by atoms with E-state index in [4.69, 9.17) is 0 Å². The summed E-state index contributed by atoms with van der Waals surface area (Å²) in [5.41, 5.74) is 5.12. The SMILES string of the molecule is CC(C)n1ccc2cc(N3Cc4ccc(N(C)C)cc4C3=O)ccc21. The minimum absolute atomic E-state index is 0.0846. The lowest BCUT2D eigenvalue weighted by Gasteiger charge is -2.16. The molecule has 0 saturated carbocycles. The third-order valence-corrected chi connectivity index (χ3v) is 4.99. The largest absolute Gasteiger partial charge is 0.378 e. The Labute approximate surface area is 148 Å². The predicted molar refractivity (Wildman–Crippen MR) is 104 cm³/mol. The highest BCUT2D eigenvalue weighted by atomic mass is 16.2. The molecular formula is C21H23N3O. The Morgan fingerprint density at radius 3 is 2.56 bits per heavy atom. The predicted octanol–water partition coefficient (Wildman–Crippen LogP) is 4.45. The maximum Gasteiger partial charge on any atom is 0.259 e. The molecule has 0 aliphatic carbocycles. The van der Waals surface area contributed by atoms with Gasteiger partial charge in [0, 0.05) is 54.2 Å². The second kappa shape index (κ2) is 5.66. The number of hydrogen-bond donors (Lipinski definition) is 0. The average Bonchev–Trinajstić information content (AvgIpc) is 3.15. The topological polar surface area (TPSA) is 28.5 Å². The molecule has 0 N–H and O–H groups in total. The van der Waals surface area contributed by atoms with Crippen LogP contribution in [0.4, 0.5) is 11.4 Å². The molecule has 4 heteroatoms. The normalized spacial score (nSPS) is 13.8. The highest BCUT2D eigenvalue weighted by molar-refractivity contribution is 6.11. The molecule has 0 unspecified atom stereocenters. The van der Waals surface area contributed by atoms with Crippen molar-refractivity contribution in [1.29, 1.82) is 0 Å². The van der Waals surface area contributed by atoms with Gasteiger partial charge in [0.25, 0.3) is 5.91 Å². The second-order valence-corrected chi connectivity index (χ2v) is 7.19. The van der Waals surface area contributed by atoms with E-state index < -0.39 is 0 Å². The van der Waals surface area contributed by atoms with Crippen LogP contribution in [0.5, 0.6) is 0 Å². The first-order valence-electron chi connectivity index (χ1n) is 8.68. The van der Waals surface area contributed by atoms with Gasteiger partial charge >= 0.3 is 0 Å². The molecule has 1 aliphatic heterocycles.